The van der Waals surface area contributed by atoms with Gasteiger partial charge in [-0.15, -0.1) is 0 Å². The van der Waals surface area contributed by atoms with Gasteiger partial charge in [0.25, 0.3) is 0 Å². The first-order chi connectivity index (χ1) is 9.64. The van der Waals surface area contributed by atoms with E-state index < -0.39 is 0 Å². The average Bonchev–Trinajstić information content (AvgIpc) is 2.46. The van der Waals surface area contributed by atoms with E-state index in [1.165, 1.54) is 44.1 Å². The van der Waals surface area contributed by atoms with Crippen LogP contribution in [0.4, 0.5) is 0 Å². The summed E-state index contributed by atoms with van der Waals surface area (Å²) in [6, 6.07) is 8.38. The Morgan fingerprint density at radius 3 is 2.40 bits per heavy atom. The van der Waals surface area contributed by atoms with Gasteiger partial charge in [-0.2, -0.15) is 0 Å². The number of rotatable bonds is 10. The van der Waals surface area contributed by atoms with Crippen LogP contribution in [0.25, 0.3) is 0 Å². The second-order valence-corrected chi connectivity index (χ2v) is 7.08. The number of alkyl halides is 1. The summed E-state index contributed by atoms with van der Waals surface area (Å²) >= 11 is 6.06. The Morgan fingerprint density at radius 1 is 1.10 bits per heavy atom. The molecule has 1 unspecified atom stereocenters. The summed E-state index contributed by atoms with van der Waals surface area (Å²) in [4.78, 5) is 0. The van der Waals surface area contributed by atoms with Crippen molar-refractivity contribution in [1.82, 2.24) is 0 Å². The number of hydrogen-bond donors (Lipinski definition) is 0. The van der Waals surface area contributed by atoms with Crippen molar-refractivity contribution in [3.8, 4) is 0 Å². The first-order valence-corrected chi connectivity index (χ1v) is 9.91. The lowest BCUT2D eigenvalue weighted by atomic mass is 9.98. The molecule has 1 atom stereocenters. The van der Waals surface area contributed by atoms with Crippen molar-refractivity contribution in [3.05, 3.63) is 34.3 Å². The zero-order valence-corrected chi connectivity index (χ0v) is 16.4. The van der Waals surface area contributed by atoms with E-state index in [2.05, 4.69) is 76.6 Å². The van der Waals surface area contributed by atoms with Crippen LogP contribution < -0.4 is 0 Å². The monoisotopic (exact) mass is 452 g/mol. The zero-order chi connectivity index (χ0) is 14.8. The summed E-state index contributed by atoms with van der Waals surface area (Å²) < 4.78 is 8.32. The van der Waals surface area contributed by atoms with Crippen LogP contribution in [0.2, 0.25) is 0 Å². The molecule has 0 spiro atoms. The highest BCUT2D eigenvalue weighted by molar-refractivity contribution is 14.1. The molecule has 1 rings (SSSR count). The number of benzene rings is 1. The fourth-order valence-corrected chi connectivity index (χ4v) is 3.59. The van der Waals surface area contributed by atoms with Crippen LogP contribution in [-0.4, -0.2) is 11.0 Å². The van der Waals surface area contributed by atoms with Crippen LogP contribution in [0.1, 0.15) is 57.9 Å². The molecule has 1 aromatic carbocycles. The highest BCUT2D eigenvalue weighted by Gasteiger charge is 2.27. The Morgan fingerprint density at radius 2 is 1.75 bits per heavy atom. The van der Waals surface area contributed by atoms with E-state index in [1.54, 1.807) is 0 Å². The third-order valence-corrected chi connectivity index (χ3v) is 5.76. The molecule has 1 nitrogen and oxygen atoms in total. The molecular weight excluding hydrogens is 427 g/mol. The molecular formula is C17H26BrIO. The molecule has 0 heterocycles. The zero-order valence-electron chi connectivity index (χ0n) is 12.6. The Bertz CT molecular complexity index is 383. The molecule has 0 saturated carbocycles. The first-order valence-electron chi connectivity index (χ1n) is 7.59. The van der Waals surface area contributed by atoms with E-state index >= 15 is 0 Å². The third-order valence-electron chi connectivity index (χ3n) is 3.62. The van der Waals surface area contributed by atoms with Gasteiger partial charge in [-0.1, -0.05) is 95.7 Å². The molecule has 0 aliphatic heterocycles. The van der Waals surface area contributed by atoms with Gasteiger partial charge in [0.1, 0.15) is 5.60 Å². The summed E-state index contributed by atoms with van der Waals surface area (Å²) in [7, 11) is 0. The standard InChI is InChI=1S/C17H26BrIO/c1-3-4-5-6-7-10-13-20-17(2,14-19)15-11-8-9-12-16(15)18/h8-9,11-12H,3-7,10,13-14H2,1-2H3. The molecule has 0 aliphatic rings. The topological polar surface area (TPSA) is 9.23 Å². The lowest BCUT2D eigenvalue weighted by Gasteiger charge is -2.29. The maximum atomic E-state index is 6.21. The minimum absolute atomic E-state index is 0.190. The van der Waals surface area contributed by atoms with Gasteiger partial charge in [0.05, 0.1) is 0 Å². The van der Waals surface area contributed by atoms with E-state index in [-0.39, 0.29) is 5.60 Å². The summed E-state index contributed by atoms with van der Waals surface area (Å²) in [5, 5.41) is 0. The smallest absolute Gasteiger partial charge is 0.100 e. The van der Waals surface area contributed by atoms with E-state index in [0.717, 1.165) is 15.5 Å². The van der Waals surface area contributed by atoms with Crippen molar-refractivity contribution in [3.63, 3.8) is 0 Å². The molecule has 3 heteroatoms. The minimum Gasteiger partial charge on any atom is -0.370 e. The highest BCUT2D eigenvalue weighted by atomic mass is 127. The SMILES string of the molecule is CCCCCCCCOC(C)(CI)c1ccccc1Br. The molecule has 1 aromatic rings. The van der Waals surface area contributed by atoms with Crippen molar-refractivity contribution in [2.24, 2.45) is 0 Å². The number of ether oxygens (including phenoxy) is 1. The predicted octanol–water partition coefficient (Wildman–Crippen LogP) is 6.48. The van der Waals surface area contributed by atoms with Crippen molar-refractivity contribution in [2.75, 3.05) is 11.0 Å². The van der Waals surface area contributed by atoms with Gasteiger partial charge in [-0.3, -0.25) is 0 Å². The summed E-state index contributed by atoms with van der Waals surface area (Å²) in [5.41, 5.74) is 1.06. The van der Waals surface area contributed by atoms with Gasteiger partial charge >= 0.3 is 0 Å². The van der Waals surface area contributed by atoms with Crippen LogP contribution in [0, 0.1) is 0 Å². The van der Waals surface area contributed by atoms with Crippen LogP contribution >= 0.6 is 38.5 Å². The van der Waals surface area contributed by atoms with Gasteiger partial charge in [-0.05, 0) is 25.0 Å². The molecule has 0 radical (unpaired) electrons. The van der Waals surface area contributed by atoms with E-state index in [0.29, 0.717) is 0 Å². The van der Waals surface area contributed by atoms with Gasteiger partial charge < -0.3 is 4.74 Å². The number of hydrogen-bond acceptors (Lipinski definition) is 1. The molecule has 0 fully saturated rings. The van der Waals surface area contributed by atoms with Gasteiger partial charge in [-0.25, -0.2) is 0 Å². The Labute approximate surface area is 146 Å². The number of halogens is 2. The van der Waals surface area contributed by atoms with Gasteiger partial charge in [0, 0.05) is 15.5 Å². The van der Waals surface area contributed by atoms with Crippen molar-refractivity contribution in [1.29, 1.82) is 0 Å². The Kier molecular flexibility index (Phi) is 9.38. The van der Waals surface area contributed by atoms with Gasteiger partial charge in [0.15, 0.2) is 0 Å². The lowest BCUT2D eigenvalue weighted by Crippen LogP contribution is -2.28. The molecule has 0 amide bonds. The molecule has 114 valence electrons. The Hall–Kier alpha value is 0.390. The fraction of sp³-hybridized carbons (Fsp3) is 0.647. The van der Waals surface area contributed by atoms with Crippen molar-refractivity contribution < 1.29 is 4.74 Å². The summed E-state index contributed by atoms with van der Waals surface area (Å²) in [6.45, 7) is 5.30. The van der Waals surface area contributed by atoms with Crippen LogP contribution in [0.5, 0.6) is 0 Å². The maximum absolute atomic E-state index is 6.21. The molecule has 0 aromatic heterocycles. The molecule has 20 heavy (non-hydrogen) atoms. The quantitative estimate of drug-likeness (QED) is 0.224. The van der Waals surface area contributed by atoms with E-state index in [1.807, 2.05) is 0 Å². The average molecular weight is 453 g/mol. The summed E-state index contributed by atoms with van der Waals surface area (Å²) in [6.07, 6.45) is 7.83. The fourth-order valence-electron chi connectivity index (χ4n) is 2.26. The third kappa shape index (κ3) is 6.02. The highest BCUT2D eigenvalue weighted by Crippen LogP contribution is 2.33. The number of unbranched alkanes of at least 4 members (excludes halogenated alkanes) is 5. The molecule has 0 N–H and O–H groups in total. The first kappa shape index (κ1) is 18.4. The molecule has 0 saturated heterocycles. The summed E-state index contributed by atoms with van der Waals surface area (Å²) in [5.74, 6) is 0. The van der Waals surface area contributed by atoms with Gasteiger partial charge in [0.2, 0.25) is 0 Å². The largest absolute Gasteiger partial charge is 0.370 e. The van der Waals surface area contributed by atoms with Crippen molar-refractivity contribution in [2.45, 2.75) is 58.0 Å². The second-order valence-electron chi connectivity index (χ2n) is 5.46. The predicted molar refractivity (Wildman–Crippen MR) is 99.7 cm³/mol. The lowest BCUT2D eigenvalue weighted by molar-refractivity contribution is -0.0178. The van der Waals surface area contributed by atoms with E-state index in [4.69, 9.17) is 4.74 Å². The minimum atomic E-state index is -0.190. The van der Waals surface area contributed by atoms with Crippen LogP contribution in [0.15, 0.2) is 28.7 Å². The second kappa shape index (κ2) is 10.2. The van der Waals surface area contributed by atoms with Crippen molar-refractivity contribution >= 4 is 38.5 Å². The van der Waals surface area contributed by atoms with E-state index in [9.17, 15) is 0 Å². The molecule has 0 aliphatic carbocycles. The normalized spacial score (nSPS) is 14.2. The van der Waals surface area contributed by atoms with Crippen LogP contribution in [-0.2, 0) is 10.3 Å². The Balaban J connectivity index is 2.40. The molecule has 0 bridgehead atoms. The maximum Gasteiger partial charge on any atom is 0.100 e. The van der Waals surface area contributed by atoms with Crippen LogP contribution in [0.3, 0.4) is 0 Å².